The molecule has 0 radical (unpaired) electrons. The number of benzene rings is 1. The molecule has 0 saturated carbocycles. The molecule has 2 aromatic rings. The smallest absolute Gasteiger partial charge is 0.340 e. The first-order valence-corrected chi connectivity index (χ1v) is 8.17. The number of carbonyl (C=O) groups excluding carboxylic acids is 2. The zero-order valence-corrected chi connectivity index (χ0v) is 15.1. The average Bonchev–Trinajstić information content (AvgIpc) is 2.89. The zero-order chi connectivity index (χ0) is 19.4. The van der Waals surface area contributed by atoms with Crippen molar-refractivity contribution < 1.29 is 19.2 Å². The van der Waals surface area contributed by atoms with Crippen LogP contribution in [0.25, 0.3) is 0 Å². The van der Waals surface area contributed by atoms with Crippen molar-refractivity contribution in [1.29, 1.82) is 0 Å². The Bertz CT molecular complexity index is 857. The van der Waals surface area contributed by atoms with Gasteiger partial charge in [-0.05, 0) is 39.3 Å². The molecule has 0 fully saturated rings. The van der Waals surface area contributed by atoms with Crippen LogP contribution in [0.1, 0.15) is 46.0 Å². The number of Topliss-reactive ketones (excluding diaryl/α,β-unsaturated/α-hetero) is 1. The molecule has 0 aliphatic carbocycles. The summed E-state index contributed by atoms with van der Waals surface area (Å²) in [5.41, 5.74) is 2.16. The Morgan fingerprint density at radius 1 is 1.35 bits per heavy atom. The minimum absolute atomic E-state index is 0.0638. The number of carbonyl (C=O) groups is 2. The van der Waals surface area contributed by atoms with Crippen molar-refractivity contribution in [3.05, 3.63) is 56.9 Å². The first-order chi connectivity index (χ1) is 12.3. The van der Waals surface area contributed by atoms with Crippen LogP contribution in [0.5, 0.6) is 0 Å². The SMILES string of the molecule is CCOC(=O)c1c(C)[nH]c(C(=O)[C@H](C)Nc2cccc([N+](=O)[O-])c2)c1C. The number of anilines is 1. The second kappa shape index (κ2) is 7.81. The van der Waals surface area contributed by atoms with Gasteiger partial charge in [-0.25, -0.2) is 4.79 Å². The van der Waals surface area contributed by atoms with E-state index in [1.807, 2.05) is 0 Å². The summed E-state index contributed by atoms with van der Waals surface area (Å²) in [6.45, 7) is 7.00. The topological polar surface area (TPSA) is 114 Å². The van der Waals surface area contributed by atoms with Gasteiger partial charge in [0, 0.05) is 23.5 Å². The second-order valence-electron chi connectivity index (χ2n) is 5.88. The van der Waals surface area contributed by atoms with Crippen molar-refractivity contribution in [1.82, 2.24) is 4.98 Å². The number of hydrogen-bond donors (Lipinski definition) is 2. The second-order valence-corrected chi connectivity index (χ2v) is 5.88. The van der Waals surface area contributed by atoms with Gasteiger partial charge in [0.1, 0.15) is 0 Å². The van der Waals surface area contributed by atoms with Crippen molar-refractivity contribution in [3.8, 4) is 0 Å². The molecule has 0 bridgehead atoms. The fraction of sp³-hybridized carbons (Fsp3) is 0.333. The summed E-state index contributed by atoms with van der Waals surface area (Å²) in [5.74, 6) is -0.732. The third-order valence-corrected chi connectivity index (χ3v) is 4.00. The molecule has 1 aromatic carbocycles. The Kier molecular flexibility index (Phi) is 5.76. The van der Waals surface area contributed by atoms with Gasteiger partial charge in [0.2, 0.25) is 5.78 Å². The fourth-order valence-corrected chi connectivity index (χ4v) is 2.75. The summed E-state index contributed by atoms with van der Waals surface area (Å²) in [6, 6.07) is 5.28. The molecular formula is C18H21N3O5. The molecule has 0 aliphatic heterocycles. The van der Waals surface area contributed by atoms with Gasteiger partial charge < -0.3 is 15.0 Å². The van der Waals surface area contributed by atoms with Gasteiger partial charge in [0.05, 0.1) is 28.8 Å². The molecule has 2 N–H and O–H groups in total. The Morgan fingerprint density at radius 3 is 2.65 bits per heavy atom. The molecule has 0 amide bonds. The van der Waals surface area contributed by atoms with E-state index in [2.05, 4.69) is 10.3 Å². The van der Waals surface area contributed by atoms with Crippen LogP contribution in [0.3, 0.4) is 0 Å². The van der Waals surface area contributed by atoms with E-state index < -0.39 is 16.9 Å². The standard InChI is InChI=1S/C18H21N3O5/c1-5-26-18(23)15-10(2)16(20-11(15)3)17(22)12(4)19-13-7-6-8-14(9-13)21(24)25/h6-9,12,19-20H,5H2,1-4H3/t12-/m0/s1. The monoisotopic (exact) mass is 359 g/mol. The van der Waals surface area contributed by atoms with Crippen molar-refractivity contribution in [2.75, 3.05) is 11.9 Å². The Hall–Kier alpha value is -3.16. The van der Waals surface area contributed by atoms with Gasteiger partial charge in [-0.3, -0.25) is 14.9 Å². The summed E-state index contributed by atoms with van der Waals surface area (Å²) in [6.07, 6.45) is 0. The van der Waals surface area contributed by atoms with E-state index >= 15 is 0 Å². The maximum absolute atomic E-state index is 12.8. The van der Waals surface area contributed by atoms with E-state index in [1.54, 1.807) is 39.8 Å². The number of nitrogens with zero attached hydrogens (tertiary/aromatic N) is 1. The molecule has 2 rings (SSSR count). The largest absolute Gasteiger partial charge is 0.462 e. The highest BCUT2D eigenvalue weighted by molar-refractivity contribution is 6.04. The van der Waals surface area contributed by atoms with Crippen molar-refractivity contribution in [2.24, 2.45) is 0 Å². The average molecular weight is 359 g/mol. The van der Waals surface area contributed by atoms with E-state index in [-0.39, 0.29) is 18.1 Å². The number of non-ortho nitro benzene ring substituents is 1. The van der Waals surface area contributed by atoms with Gasteiger partial charge in [-0.15, -0.1) is 0 Å². The third-order valence-electron chi connectivity index (χ3n) is 4.00. The van der Waals surface area contributed by atoms with Gasteiger partial charge in [0.15, 0.2) is 0 Å². The number of aromatic nitrogens is 1. The van der Waals surface area contributed by atoms with E-state index in [0.717, 1.165) is 0 Å². The molecule has 1 heterocycles. The summed E-state index contributed by atoms with van der Waals surface area (Å²) in [7, 11) is 0. The Labute approximate surface area is 150 Å². The Morgan fingerprint density at radius 2 is 2.04 bits per heavy atom. The summed E-state index contributed by atoms with van der Waals surface area (Å²) in [5, 5.41) is 13.8. The van der Waals surface area contributed by atoms with E-state index in [1.165, 1.54) is 12.1 Å². The van der Waals surface area contributed by atoms with Gasteiger partial charge in [-0.2, -0.15) is 0 Å². The predicted octanol–water partition coefficient (Wildman–Crippen LogP) is 3.40. The number of aromatic amines is 1. The van der Waals surface area contributed by atoms with Crippen LogP contribution in [0.4, 0.5) is 11.4 Å². The van der Waals surface area contributed by atoms with Crippen molar-refractivity contribution in [2.45, 2.75) is 33.7 Å². The van der Waals surface area contributed by atoms with Crippen LogP contribution in [0.15, 0.2) is 24.3 Å². The minimum atomic E-state index is -0.649. The number of esters is 1. The van der Waals surface area contributed by atoms with E-state index in [0.29, 0.717) is 28.2 Å². The van der Waals surface area contributed by atoms with Crippen LogP contribution in [0, 0.1) is 24.0 Å². The lowest BCUT2D eigenvalue weighted by Crippen LogP contribution is -2.27. The van der Waals surface area contributed by atoms with E-state index in [9.17, 15) is 19.7 Å². The maximum atomic E-state index is 12.8. The molecule has 8 heteroatoms. The highest BCUT2D eigenvalue weighted by atomic mass is 16.6. The lowest BCUT2D eigenvalue weighted by atomic mass is 10.0. The molecule has 1 atom stereocenters. The molecule has 0 saturated heterocycles. The maximum Gasteiger partial charge on any atom is 0.340 e. The summed E-state index contributed by atoms with van der Waals surface area (Å²) >= 11 is 0. The van der Waals surface area contributed by atoms with Crippen molar-refractivity contribution >= 4 is 23.1 Å². The highest BCUT2D eigenvalue weighted by Crippen LogP contribution is 2.22. The highest BCUT2D eigenvalue weighted by Gasteiger charge is 2.25. The number of nitro groups is 1. The molecule has 8 nitrogen and oxygen atoms in total. The lowest BCUT2D eigenvalue weighted by molar-refractivity contribution is -0.384. The predicted molar refractivity (Wildman–Crippen MR) is 96.7 cm³/mol. The summed E-state index contributed by atoms with van der Waals surface area (Å²) < 4.78 is 5.02. The first-order valence-electron chi connectivity index (χ1n) is 8.17. The first kappa shape index (κ1) is 19.2. The van der Waals surface area contributed by atoms with Gasteiger partial charge >= 0.3 is 5.97 Å². The quantitative estimate of drug-likeness (QED) is 0.339. The molecule has 0 unspecified atom stereocenters. The number of rotatable bonds is 7. The van der Waals surface area contributed by atoms with Crippen LogP contribution < -0.4 is 5.32 Å². The minimum Gasteiger partial charge on any atom is -0.462 e. The van der Waals surface area contributed by atoms with Crippen LogP contribution in [-0.4, -0.2) is 34.3 Å². The Balaban J connectivity index is 2.23. The number of ether oxygens (including phenoxy) is 1. The molecule has 0 aliphatic rings. The van der Waals surface area contributed by atoms with Gasteiger partial charge in [-0.1, -0.05) is 6.07 Å². The zero-order valence-electron chi connectivity index (χ0n) is 15.1. The number of H-pyrrole nitrogens is 1. The molecule has 0 spiro atoms. The number of nitro benzene ring substituents is 1. The molecule has 26 heavy (non-hydrogen) atoms. The third kappa shape index (κ3) is 3.90. The van der Waals surface area contributed by atoms with Gasteiger partial charge in [0.25, 0.3) is 5.69 Å². The normalized spacial score (nSPS) is 11.7. The number of hydrogen-bond acceptors (Lipinski definition) is 6. The lowest BCUT2D eigenvalue weighted by Gasteiger charge is -2.14. The van der Waals surface area contributed by atoms with E-state index in [4.69, 9.17) is 4.74 Å². The molecule has 138 valence electrons. The summed E-state index contributed by atoms with van der Waals surface area (Å²) in [4.78, 5) is 38.1. The molecular weight excluding hydrogens is 338 g/mol. The van der Waals surface area contributed by atoms with Crippen LogP contribution in [-0.2, 0) is 4.74 Å². The number of nitrogens with one attached hydrogen (secondary N) is 2. The molecule has 1 aromatic heterocycles. The van der Waals surface area contributed by atoms with Crippen LogP contribution >= 0.6 is 0 Å². The fourth-order valence-electron chi connectivity index (χ4n) is 2.75. The van der Waals surface area contributed by atoms with Crippen molar-refractivity contribution in [3.63, 3.8) is 0 Å². The number of aryl methyl sites for hydroxylation is 1. The number of ketones is 1. The van der Waals surface area contributed by atoms with Crippen LogP contribution in [0.2, 0.25) is 0 Å².